The molecule has 0 atom stereocenters. The van der Waals surface area contributed by atoms with Crippen LogP contribution < -0.4 is 10.6 Å². The molecule has 33 heavy (non-hydrogen) atoms. The minimum absolute atomic E-state index is 0. The summed E-state index contributed by atoms with van der Waals surface area (Å²) in [5.74, 6) is 0.871. The van der Waals surface area contributed by atoms with E-state index in [0.29, 0.717) is 24.9 Å². The van der Waals surface area contributed by atoms with Crippen molar-refractivity contribution in [1.82, 2.24) is 15.5 Å². The quantitative estimate of drug-likeness (QED) is 0.253. The fourth-order valence-corrected chi connectivity index (χ4v) is 4.18. The van der Waals surface area contributed by atoms with Gasteiger partial charge in [-0.1, -0.05) is 24.3 Å². The highest BCUT2D eigenvalue weighted by atomic mass is 127. The van der Waals surface area contributed by atoms with Crippen molar-refractivity contribution in [3.63, 3.8) is 0 Å². The highest BCUT2D eigenvalue weighted by molar-refractivity contribution is 14.0. The van der Waals surface area contributed by atoms with Crippen molar-refractivity contribution < 1.29 is 14.2 Å². The Labute approximate surface area is 217 Å². The normalized spacial score (nSPS) is 18.8. The van der Waals surface area contributed by atoms with Gasteiger partial charge >= 0.3 is 0 Å². The molecule has 0 bridgehead atoms. The van der Waals surface area contributed by atoms with E-state index in [0.717, 1.165) is 77.6 Å². The van der Waals surface area contributed by atoms with Gasteiger partial charge in [0.2, 0.25) is 0 Å². The maximum Gasteiger partial charge on any atom is 0.191 e. The molecule has 0 aliphatic carbocycles. The summed E-state index contributed by atoms with van der Waals surface area (Å²) in [6.45, 7) is 11.3. The van der Waals surface area contributed by atoms with Crippen LogP contribution in [0.15, 0.2) is 29.3 Å². The highest BCUT2D eigenvalue weighted by Crippen LogP contribution is 2.14. The molecule has 0 radical (unpaired) electrons. The van der Waals surface area contributed by atoms with Crippen LogP contribution in [0.4, 0.5) is 0 Å². The second kappa shape index (κ2) is 15.9. The maximum atomic E-state index is 6.07. The van der Waals surface area contributed by atoms with Gasteiger partial charge in [0.1, 0.15) is 0 Å². The van der Waals surface area contributed by atoms with Crippen molar-refractivity contribution in [2.24, 2.45) is 4.99 Å². The lowest BCUT2D eigenvalue weighted by atomic mass is 10.1. The number of aliphatic imine (C=N–C) groups is 1. The first kappa shape index (κ1) is 28.3. The molecule has 0 saturated carbocycles. The third-order valence-corrected chi connectivity index (χ3v) is 6.12. The van der Waals surface area contributed by atoms with Gasteiger partial charge in [0.05, 0.1) is 25.4 Å². The van der Waals surface area contributed by atoms with Crippen molar-refractivity contribution >= 4 is 29.9 Å². The number of rotatable bonds is 10. The molecule has 2 heterocycles. The molecule has 0 unspecified atom stereocenters. The number of likely N-dealkylation sites (tertiary alicyclic amines) is 1. The molecule has 1 aromatic rings. The van der Waals surface area contributed by atoms with Gasteiger partial charge < -0.3 is 29.7 Å². The van der Waals surface area contributed by atoms with Gasteiger partial charge in [-0.3, -0.25) is 4.99 Å². The van der Waals surface area contributed by atoms with Gasteiger partial charge in [0, 0.05) is 52.5 Å². The number of benzene rings is 1. The maximum absolute atomic E-state index is 6.07. The Kier molecular flexibility index (Phi) is 13.6. The number of nitrogens with one attached hydrogen (secondary N) is 2. The van der Waals surface area contributed by atoms with Crippen LogP contribution in [0.2, 0.25) is 0 Å². The molecule has 0 spiro atoms. The Balaban J connectivity index is 0.00000385. The summed E-state index contributed by atoms with van der Waals surface area (Å²) in [6, 6.07) is 9.07. The Bertz CT molecular complexity index is 690. The molecule has 0 aromatic heterocycles. The number of nitrogens with zero attached hydrogens (tertiary/aromatic N) is 2. The van der Waals surface area contributed by atoms with Crippen LogP contribution in [0.3, 0.4) is 0 Å². The first-order valence-electron chi connectivity index (χ1n) is 12.2. The van der Waals surface area contributed by atoms with Gasteiger partial charge in [-0.15, -0.1) is 24.0 Å². The molecule has 8 heteroatoms. The average Bonchev–Trinajstić information content (AvgIpc) is 2.82. The molecule has 2 aliphatic heterocycles. The summed E-state index contributed by atoms with van der Waals surface area (Å²) >= 11 is 0. The predicted molar refractivity (Wildman–Crippen MR) is 144 cm³/mol. The third-order valence-electron chi connectivity index (χ3n) is 6.12. The van der Waals surface area contributed by atoms with Crippen molar-refractivity contribution in [2.75, 3.05) is 46.5 Å². The summed E-state index contributed by atoms with van der Waals surface area (Å²) in [7, 11) is 1.84. The molecular formula is C25H43IN4O3. The van der Waals surface area contributed by atoms with Crippen LogP contribution in [-0.4, -0.2) is 75.6 Å². The van der Waals surface area contributed by atoms with Gasteiger partial charge in [0.25, 0.3) is 0 Å². The zero-order valence-electron chi connectivity index (χ0n) is 20.6. The second-order valence-electron chi connectivity index (χ2n) is 9.05. The van der Waals surface area contributed by atoms with E-state index >= 15 is 0 Å². The number of halogens is 1. The molecular weight excluding hydrogens is 531 g/mol. The van der Waals surface area contributed by atoms with Crippen molar-refractivity contribution in [1.29, 1.82) is 0 Å². The number of hydrogen-bond donors (Lipinski definition) is 2. The van der Waals surface area contributed by atoms with Crippen molar-refractivity contribution in [2.45, 2.75) is 70.9 Å². The summed E-state index contributed by atoms with van der Waals surface area (Å²) in [6.07, 6.45) is 4.87. The first-order chi connectivity index (χ1) is 15.6. The second-order valence-corrected chi connectivity index (χ2v) is 9.05. The van der Waals surface area contributed by atoms with Crippen LogP contribution >= 0.6 is 24.0 Å². The molecule has 2 aliphatic rings. The first-order valence-corrected chi connectivity index (χ1v) is 12.2. The minimum Gasteiger partial charge on any atom is -0.381 e. The molecule has 3 rings (SSSR count). The zero-order valence-corrected chi connectivity index (χ0v) is 22.9. The van der Waals surface area contributed by atoms with Gasteiger partial charge in [-0.05, 0) is 50.7 Å². The third kappa shape index (κ3) is 10.9. The molecule has 7 nitrogen and oxygen atoms in total. The molecule has 2 N–H and O–H groups in total. The Hall–Kier alpha value is -0.940. The number of hydrogen-bond acceptors (Lipinski definition) is 5. The van der Waals surface area contributed by atoms with E-state index in [2.05, 4.69) is 58.6 Å². The van der Waals surface area contributed by atoms with E-state index in [-0.39, 0.29) is 24.0 Å². The summed E-state index contributed by atoms with van der Waals surface area (Å²) in [4.78, 5) is 6.92. The van der Waals surface area contributed by atoms with Crippen molar-refractivity contribution in [3.05, 3.63) is 35.4 Å². The van der Waals surface area contributed by atoms with Gasteiger partial charge in [-0.2, -0.15) is 0 Å². The SMILES string of the molecule is CN=C(NCc1cccc(COC2CCOCC2)c1)NC1CCN(CCOC(C)C)CC1.I. The van der Waals surface area contributed by atoms with Crippen LogP contribution in [0.1, 0.15) is 50.7 Å². The standard InChI is InChI=1S/C25H42N4O3.HI/c1-20(2)31-16-13-29-11-7-23(8-12-29)28-25(26-3)27-18-21-5-4-6-22(17-21)19-32-24-9-14-30-15-10-24;/h4-6,17,20,23-24H,7-16,18-19H2,1-3H3,(H2,26,27,28);1H. The predicted octanol–water partition coefficient (Wildman–Crippen LogP) is 3.55. The monoisotopic (exact) mass is 574 g/mol. The van der Waals surface area contributed by atoms with Gasteiger partial charge in [0.15, 0.2) is 5.96 Å². The fraction of sp³-hybridized carbons (Fsp3) is 0.720. The highest BCUT2D eigenvalue weighted by Gasteiger charge is 2.20. The Morgan fingerprint density at radius 3 is 2.58 bits per heavy atom. The van der Waals surface area contributed by atoms with E-state index < -0.39 is 0 Å². The van der Waals surface area contributed by atoms with E-state index in [1.807, 2.05) is 7.05 Å². The summed E-state index contributed by atoms with van der Waals surface area (Å²) in [5.41, 5.74) is 2.45. The minimum atomic E-state index is 0. The largest absolute Gasteiger partial charge is 0.381 e. The smallest absolute Gasteiger partial charge is 0.191 e. The van der Waals surface area contributed by atoms with E-state index in [9.17, 15) is 0 Å². The van der Waals surface area contributed by atoms with E-state index in [1.165, 1.54) is 11.1 Å². The molecule has 0 amide bonds. The topological polar surface area (TPSA) is 67.4 Å². The van der Waals surface area contributed by atoms with Crippen LogP contribution in [0.5, 0.6) is 0 Å². The molecule has 2 saturated heterocycles. The zero-order chi connectivity index (χ0) is 22.6. The molecule has 188 valence electrons. The van der Waals surface area contributed by atoms with Gasteiger partial charge in [-0.25, -0.2) is 0 Å². The Morgan fingerprint density at radius 1 is 1.15 bits per heavy atom. The number of ether oxygens (including phenoxy) is 3. The summed E-state index contributed by atoms with van der Waals surface area (Å²) < 4.78 is 17.2. The molecule has 2 fully saturated rings. The van der Waals surface area contributed by atoms with Crippen molar-refractivity contribution in [3.8, 4) is 0 Å². The Morgan fingerprint density at radius 2 is 1.88 bits per heavy atom. The lowest BCUT2D eigenvalue weighted by Crippen LogP contribution is -2.49. The van der Waals surface area contributed by atoms with E-state index in [1.54, 1.807) is 0 Å². The van der Waals surface area contributed by atoms with Crippen LogP contribution in [0.25, 0.3) is 0 Å². The lowest BCUT2D eigenvalue weighted by Gasteiger charge is -2.33. The number of guanidine groups is 1. The fourth-order valence-electron chi connectivity index (χ4n) is 4.18. The summed E-state index contributed by atoms with van der Waals surface area (Å²) in [5, 5.41) is 7.07. The van der Waals surface area contributed by atoms with Crippen LogP contribution in [0, 0.1) is 0 Å². The average molecular weight is 575 g/mol. The number of piperidine rings is 1. The van der Waals surface area contributed by atoms with Crippen LogP contribution in [-0.2, 0) is 27.4 Å². The molecule has 1 aromatic carbocycles. The van der Waals surface area contributed by atoms with E-state index in [4.69, 9.17) is 14.2 Å². The lowest BCUT2D eigenvalue weighted by molar-refractivity contribution is -0.0390.